The lowest BCUT2D eigenvalue weighted by atomic mass is 10.1. The number of hydrogen-bond donors (Lipinski definition) is 3. The summed E-state index contributed by atoms with van der Waals surface area (Å²) in [7, 11) is 0. The monoisotopic (exact) mass is 361 g/mol. The fraction of sp³-hybridized carbons (Fsp3) is 0.294. The number of carboxylic acids is 1. The SMILES string of the molecule is Cc1nc(NC(=O)c2ccccc2NC(CCC=O)C(=O)O)sc1C. The summed E-state index contributed by atoms with van der Waals surface area (Å²) in [5, 5.41) is 15.3. The highest BCUT2D eigenvalue weighted by atomic mass is 32.1. The van der Waals surface area contributed by atoms with Gasteiger partial charge in [-0.15, -0.1) is 11.3 Å². The maximum absolute atomic E-state index is 12.5. The van der Waals surface area contributed by atoms with Crippen LogP contribution in [0.25, 0.3) is 0 Å². The van der Waals surface area contributed by atoms with Gasteiger partial charge in [0.05, 0.1) is 11.3 Å². The van der Waals surface area contributed by atoms with Crippen LogP contribution >= 0.6 is 11.3 Å². The van der Waals surface area contributed by atoms with Crippen LogP contribution in [0.3, 0.4) is 0 Å². The maximum Gasteiger partial charge on any atom is 0.326 e. The number of carbonyl (C=O) groups is 3. The highest BCUT2D eigenvalue weighted by Crippen LogP contribution is 2.24. The molecule has 7 nitrogen and oxygen atoms in total. The molecule has 0 fully saturated rings. The first-order valence-corrected chi connectivity index (χ1v) is 8.51. The summed E-state index contributed by atoms with van der Waals surface area (Å²) < 4.78 is 0. The van der Waals surface area contributed by atoms with Crippen LogP contribution in [0.5, 0.6) is 0 Å². The zero-order valence-electron chi connectivity index (χ0n) is 13.9. The number of hydrogen-bond acceptors (Lipinski definition) is 6. The van der Waals surface area contributed by atoms with E-state index in [1.54, 1.807) is 24.3 Å². The van der Waals surface area contributed by atoms with E-state index in [-0.39, 0.29) is 18.7 Å². The molecule has 1 aromatic carbocycles. The summed E-state index contributed by atoms with van der Waals surface area (Å²) in [4.78, 5) is 39.7. The molecule has 0 radical (unpaired) electrons. The number of nitrogens with zero attached hydrogens (tertiary/aromatic N) is 1. The van der Waals surface area contributed by atoms with E-state index >= 15 is 0 Å². The number of thiazole rings is 1. The molecular formula is C17H19N3O4S. The van der Waals surface area contributed by atoms with Crippen molar-refractivity contribution in [3.63, 3.8) is 0 Å². The third-order valence-corrected chi connectivity index (χ3v) is 4.61. The van der Waals surface area contributed by atoms with E-state index in [0.717, 1.165) is 10.6 Å². The van der Waals surface area contributed by atoms with E-state index in [4.69, 9.17) is 0 Å². The Kier molecular flexibility index (Phi) is 6.24. The van der Waals surface area contributed by atoms with Crippen LogP contribution in [0.4, 0.5) is 10.8 Å². The Morgan fingerprint density at radius 1 is 1.32 bits per heavy atom. The molecule has 0 bridgehead atoms. The summed E-state index contributed by atoms with van der Waals surface area (Å²) in [6.07, 6.45) is 0.930. The van der Waals surface area contributed by atoms with E-state index in [1.165, 1.54) is 11.3 Å². The van der Waals surface area contributed by atoms with Gasteiger partial charge in [-0.25, -0.2) is 9.78 Å². The van der Waals surface area contributed by atoms with Crippen molar-refractivity contribution in [2.45, 2.75) is 32.7 Å². The van der Waals surface area contributed by atoms with Gasteiger partial charge in [0.15, 0.2) is 5.13 Å². The van der Waals surface area contributed by atoms with Gasteiger partial charge in [0, 0.05) is 17.0 Å². The van der Waals surface area contributed by atoms with Crippen molar-refractivity contribution in [2.24, 2.45) is 0 Å². The number of aldehydes is 1. The van der Waals surface area contributed by atoms with Crippen molar-refractivity contribution < 1.29 is 19.5 Å². The van der Waals surface area contributed by atoms with Gasteiger partial charge in [-0.3, -0.25) is 10.1 Å². The zero-order chi connectivity index (χ0) is 18.4. The summed E-state index contributed by atoms with van der Waals surface area (Å²) in [6, 6.07) is 5.67. The first-order chi connectivity index (χ1) is 11.9. The molecule has 8 heteroatoms. The summed E-state index contributed by atoms with van der Waals surface area (Å²) in [5.41, 5.74) is 1.56. The molecule has 0 aliphatic heterocycles. The summed E-state index contributed by atoms with van der Waals surface area (Å²) in [6.45, 7) is 3.78. The fourth-order valence-corrected chi connectivity index (χ4v) is 2.99. The molecule has 132 valence electrons. The topological polar surface area (TPSA) is 108 Å². The second-order valence-corrected chi connectivity index (χ2v) is 6.64. The van der Waals surface area contributed by atoms with Crippen LogP contribution in [0.15, 0.2) is 24.3 Å². The van der Waals surface area contributed by atoms with Gasteiger partial charge in [0.25, 0.3) is 5.91 Å². The van der Waals surface area contributed by atoms with Crippen molar-refractivity contribution in [3.05, 3.63) is 40.4 Å². The van der Waals surface area contributed by atoms with Gasteiger partial charge < -0.3 is 15.2 Å². The minimum atomic E-state index is -1.08. The van der Waals surface area contributed by atoms with E-state index in [0.29, 0.717) is 22.7 Å². The highest BCUT2D eigenvalue weighted by Gasteiger charge is 2.20. The predicted molar refractivity (Wildman–Crippen MR) is 96.3 cm³/mol. The van der Waals surface area contributed by atoms with Crippen LogP contribution in [-0.2, 0) is 9.59 Å². The van der Waals surface area contributed by atoms with Gasteiger partial charge in [-0.1, -0.05) is 12.1 Å². The quantitative estimate of drug-likeness (QED) is 0.624. The number of nitrogens with one attached hydrogen (secondary N) is 2. The molecule has 3 N–H and O–H groups in total. The Hall–Kier alpha value is -2.74. The molecule has 0 saturated carbocycles. The molecule has 1 amide bonds. The molecule has 1 aromatic heterocycles. The Morgan fingerprint density at radius 2 is 2.04 bits per heavy atom. The third kappa shape index (κ3) is 4.87. The molecule has 1 unspecified atom stereocenters. The number of para-hydroxylation sites is 1. The summed E-state index contributed by atoms with van der Waals surface area (Å²) in [5.74, 6) is -1.46. The van der Waals surface area contributed by atoms with E-state index in [9.17, 15) is 19.5 Å². The molecule has 2 aromatic rings. The number of carbonyl (C=O) groups excluding carboxylic acids is 2. The van der Waals surface area contributed by atoms with Crippen molar-refractivity contribution in [1.29, 1.82) is 0 Å². The number of benzene rings is 1. The van der Waals surface area contributed by atoms with Crippen LogP contribution in [0.1, 0.15) is 33.8 Å². The Bertz CT molecular complexity index is 768. The van der Waals surface area contributed by atoms with Crippen LogP contribution < -0.4 is 10.6 Å². The number of rotatable bonds is 8. The van der Waals surface area contributed by atoms with Gasteiger partial charge in [-0.05, 0) is 32.4 Å². The van der Waals surface area contributed by atoms with Crippen molar-refractivity contribution in [1.82, 2.24) is 4.98 Å². The fourth-order valence-electron chi connectivity index (χ4n) is 2.18. The highest BCUT2D eigenvalue weighted by molar-refractivity contribution is 7.15. The summed E-state index contributed by atoms with van der Waals surface area (Å²) >= 11 is 1.38. The number of anilines is 2. The molecule has 0 aliphatic rings. The smallest absolute Gasteiger partial charge is 0.326 e. The largest absolute Gasteiger partial charge is 0.480 e. The van der Waals surface area contributed by atoms with Crippen LogP contribution in [0.2, 0.25) is 0 Å². The van der Waals surface area contributed by atoms with Gasteiger partial charge >= 0.3 is 5.97 Å². The molecule has 1 atom stereocenters. The molecule has 0 saturated heterocycles. The molecule has 25 heavy (non-hydrogen) atoms. The second kappa shape index (κ2) is 8.39. The zero-order valence-corrected chi connectivity index (χ0v) is 14.7. The Morgan fingerprint density at radius 3 is 2.64 bits per heavy atom. The molecule has 2 rings (SSSR count). The van der Waals surface area contributed by atoms with Gasteiger partial charge in [-0.2, -0.15) is 0 Å². The van der Waals surface area contributed by atoms with Crippen LogP contribution in [0, 0.1) is 13.8 Å². The van der Waals surface area contributed by atoms with Crippen molar-refractivity contribution in [3.8, 4) is 0 Å². The standard InChI is InChI=1S/C17H19N3O4S/c1-10-11(2)25-17(18-10)20-15(22)12-6-3-4-7-13(12)19-14(16(23)24)8-5-9-21/h3-4,6-7,9,14,19H,5,8H2,1-2H3,(H,23,24)(H,18,20,22). The van der Waals surface area contributed by atoms with Crippen molar-refractivity contribution in [2.75, 3.05) is 10.6 Å². The molecule has 0 spiro atoms. The molecule has 1 heterocycles. The van der Waals surface area contributed by atoms with Crippen molar-refractivity contribution >= 4 is 40.3 Å². The van der Waals surface area contributed by atoms with E-state index in [1.807, 2.05) is 13.8 Å². The maximum atomic E-state index is 12.5. The number of aromatic nitrogens is 1. The lowest BCUT2D eigenvalue weighted by molar-refractivity contribution is -0.138. The molecular weight excluding hydrogens is 342 g/mol. The van der Waals surface area contributed by atoms with E-state index < -0.39 is 12.0 Å². The number of amides is 1. The third-order valence-electron chi connectivity index (χ3n) is 3.62. The first-order valence-electron chi connectivity index (χ1n) is 7.69. The van der Waals surface area contributed by atoms with E-state index in [2.05, 4.69) is 15.6 Å². The number of aryl methyl sites for hydroxylation is 2. The minimum Gasteiger partial charge on any atom is -0.480 e. The normalized spacial score (nSPS) is 11.6. The Balaban J connectivity index is 2.19. The van der Waals surface area contributed by atoms with Gasteiger partial charge in [0.2, 0.25) is 0 Å². The second-order valence-electron chi connectivity index (χ2n) is 5.44. The number of aliphatic carboxylic acids is 1. The first kappa shape index (κ1) is 18.6. The minimum absolute atomic E-state index is 0.121. The Labute approximate surface area is 149 Å². The average molecular weight is 361 g/mol. The lowest BCUT2D eigenvalue weighted by Crippen LogP contribution is -2.30. The lowest BCUT2D eigenvalue weighted by Gasteiger charge is -2.17. The van der Waals surface area contributed by atoms with Crippen LogP contribution in [-0.4, -0.2) is 34.3 Å². The average Bonchev–Trinajstić information content (AvgIpc) is 2.89. The number of carboxylic acid groups (broad SMARTS) is 1. The molecule has 0 aliphatic carbocycles. The predicted octanol–water partition coefficient (Wildman–Crippen LogP) is 2.86. The van der Waals surface area contributed by atoms with Gasteiger partial charge in [0.1, 0.15) is 12.3 Å².